The molecule has 7 atom stereocenters. The quantitative estimate of drug-likeness (QED) is 0.199. The molecule has 7 N–H and O–H groups in total. The number of ether oxygens (including phenoxy) is 3. The molecule has 1 fully saturated rings. The molecule has 1 aliphatic heterocycles. The first kappa shape index (κ1) is 23.1. The van der Waals surface area contributed by atoms with Gasteiger partial charge in [0.25, 0.3) is 0 Å². The fraction of sp³-hybridized carbons (Fsp3) is 0.933. The Kier molecular flexibility index (Phi) is 8.79. The number of aliphatic hydroxyl groups is 6. The second kappa shape index (κ2) is 9.88. The molecule has 11 nitrogen and oxygen atoms in total. The van der Waals surface area contributed by atoms with Crippen LogP contribution in [0, 0.1) is 5.41 Å². The van der Waals surface area contributed by atoms with Crippen LogP contribution in [0.4, 0.5) is 0 Å². The molecular weight excluding hydrogens is 354 g/mol. The molecule has 0 aliphatic carbocycles. The summed E-state index contributed by atoms with van der Waals surface area (Å²) in [5.74, 6) is -0.736. The van der Waals surface area contributed by atoms with E-state index in [1.807, 2.05) is 0 Å². The van der Waals surface area contributed by atoms with Crippen LogP contribution in [0.25, 0.3) is 0 Å². The van der Waals surface area contributed by atoms with Gasteiger partial charge in [-0.3, -0.25) is 4.79 Å². The summed E-state index contributed by atoms with van der Waals surface area (Å²) in [6, 6.07) is -1.38. The Morgan fingerprint density at radius 3 is 2.04 bits per heavy atom. The topological polar surface area (TPSA) is 178 Å². The lowest BCUT2D eigenvalue weighted by Crippen LogP contribution is -2.65. The number of rotatable bonds is 9. The summed E-state index contributed by atoms with van der Waals surface area (Å²) in [7, 11) is 0. The molecule has 0 saturated carbocycles. The van der Waals surface area contributed by atoms with E-state index in [1.165, 1.54) is 20.8 Å². The Labute approximate surface area is 151 Å². The second-order valence-electron chi connectivity index (χ2n) is 6.61. The maximum atomic E-state index is 12.7. The van der Waals surface area contributed by atoms with Gasteiger partial charge in [0.05, 0.1) is 25.2 Å². The summed E-state index contributed by atoms with van der Waals surface area (Å²) in [5, 5.41) is 59.9. The molecule has 4 unspecified atom stereocenters. The molecule has 1 heterocycles. The molecule has 0 aromatic rings. The Balaban J connectivity index is 2.86. The van der Waals surface area contributed by atoms with Gasteiger partial charge in [-0.05, 0) is 20.8 Å². The summed E-state index contributed by atoms with van der Waals surface area (Å²) >= 11 is 0. The zero-order chi connectivity index (χ0) is 20.1. The second-order valence-corrected chi connectivity index (χ2v) is 6.61. The van der Waals surface area contributed by atoms with Crippen LogP contribution >= 0.6 is 0 Å². The fourth-order valence-electron chi connectivity index (χ4n) is 2.36. The predicted molar refractivity (Wildman–Crippen MR) is 85.3 cm³/mol. The van der Waals surface area contributed by atoms with E-state index in [4.69, 9.17) is 19.3 Å². The average Bonchev–Trinajstić information content (AvgIpc) is 2.57. The normalized spacial score (nSPS) is 34.0. The number of hydrogen-bond donors (Lipinski definition) is 7. The highest BCUT2D eigenvalue weighted by Gasteiger charge is 2.46. The summed E-state index contributed by atoms with van der Waals surface area (Å²) in [6.07, 6.45) is -8.31. The molecule has 1 rings (SSSR count). The van der Waals surface area contributed by atoms with Gasteiger partial charge in [-0.2, -0.15) is 0 Å². The van der Waals surface area contributed by atoms with Crippen molar-refractivity contribution < 1.29 is 49.6 Å². The maximum absolute atomic E-state index is 12.7. The van der Waals surface area contributed by atoms with Crippen LogP contribution in [-0.2, 0) is 19.0 Å². The fourth-order valence-corrected chi connectivity index (χ4v) is 2.36. The number of hydrogen-bond acceptors (Lipinski definition) is 10. The van der Waals surface area contributed by atoms with Gasteiger partial charge in [-0.25, -0.2) is 0 Å². The highest BCUT2D eigenvalue weighted by atomic mass is 16.6. The molecule has 0 aromatic carbocycles. The minimum atomic E-state index is -1.67. The molecule has 1 aliphatic rings. The Morgan fingerprint density at radius 1 is 1.12 bits per heavy atom. The molecule has 0 spiro atoms. The van der Waals surface area contributed by atoms with Crippen molar-refractivity contribution in [2.75, 3.05) is 19.8 Å². The maximum Gasteiger partial charge on any atom is 0.231 e. The van der Waals surface area contributed by atoms with Crippen molar-refractivity contribution in [3.8, 4) is 0 Å². The SMILES string of the molecule is CC(O)OCC(C)(COC(C)O)C(=O)NC1C(O)O[C@H](CO)[C@H](O)[C@@H]1O. The lowest BCUT2D eigenvalue weighted by atomic mass is 9.89. The van der Waals surface area contributed by atoms with E-state index < -0.39 is 61.2 Å². The minimum absolute atomic E-state index is 0.287. The largest absolute Gasteiger partial charge is 0.394 e. The standard InChI is InChI=1S/C15H29NO10/c1-7(18)24-5-15(3,6-25-8(2)19)14(23)16-10-12(21)11(20)9(4-17)26-13(10)22/h7-13,17-22H,4-6H2,1-3H3,(H,16,23)/t7?,8?,9-,10?,11+,12-,13?,15?/m1/s1. The first-order valence-corrected chi connectivity index (χ1v) is 8.22. The van der Waals surface area contributed by atoms with Crippen molar-refractivity contribution in [1.29, 1.82) is 0 Å². The molecule has 154 valence electrons. The molecule has 11 heteroatoms. The van der Waals surface area contributed by atoms with Crippen molar-refractivity contribution in [2.45, 2.75) is 64.0 Å². The highest BCUT2D eigenvalue weighted by Crippen LogP contribution is 2.24. The predicted octanol–water partition coefficient (Wildman–Crippen LogP) is -3.38. The first-order valence-electron chi connectivity index (χ1n) is 8.22. The number of nitrogens with one attached hydrogen (secondary N) is 1. The molecule has 1 saturated heterocycles. The van der Waals surface area contributed by atoms with Crippen molar-refractivity contribution in [2.24, 2.45) is 5.41 Å². The van der Waals surface area contributed by atoms with Gasteiger partial charge in [0, 0.05) is 0 Å². The molecule has 0 aromatic heterocycles. The molecule has 1 amide bonds. The van der Waals surface area contributed by atoms with Crippen molar-refractivity contribution in [1.82, 2.24) is 5.32 Å². The van der Waals surface area contributed by atoms with E-state index in [0.29, 0.717) is 0 Å². The van der Waals surface area contributed by atoms with Crippen LogP contribution in [0.15, 0.2) is 0 Å². The van der Waals surface area contributed by atoms with Crippen LogP contribution in [0.1, 0.15) is 20.8 Å². The van der Waals surface area contributed by atoms with Crippen molar-refractivity contribution in [3.63, 3.8) is 0 Å². The van der Waals surface area contributed by atoms with Gasteiger partial charge < -0.3 is 50.2 Å². The van der Waals surface area contributed by atoms with Gasteiger partial charge in [0.1, 0.15) is 24.4 Å². The third-order valence-corrected chi connectivity index (χ3v) is 4.03. The summed E-state index contributed by atoms with van der Waals surface area (Å²) < 4.78 is 15.1. The molecule has 0 radical (unpaired) electrons. The van der Waals surface area contributed by atoms with Crippen molar-refractivity contribution >= 4 is 5.91 Å². The van der Waals surface area contributed by atoms with Crippen LogP contribution in [0.2, 0.25) is 0 Å². The van der Waals surface area contributed by atoms with E-state index in [1.54, 1.807) is 0 Å². The number of carbonyl (C=O) groups is 1. The summed E-state index contributed by atoms with van der Waals surface area (Å²) in [4.78, 5) is 12.7. The van der Waals surface area contributed by atoms with Gasteiger partial charge in [0.15, 0.2) is 18.9 Å². The van der Waals surface area contributed by atoms with Gasteiger partial charge in [-0.1, -0.05) is 0 Å². The van der Waals surface area contributed by atoms with E-state index in [2.05, 4.69) is 5.32 Å². The Bertz CT molecular complexity index is 434. The van der Waals surface area contributed by atoms with Gasteiger partial charge >= 0.3 is 0 Å². The summed E-state index contributed by atoms with van der Waals surface area (Å²) in [5.41, 5.74) is -1.40. The molecular formula is C15H29NO10. The third kappa shape index (κ3) is 6.08. The third-order valence-electron chi connectivity index (χ3n) is 4.03. The Hall–Kier alpha value is -0.890. The van der Waals surface area contributed by atoms with E-state index >= 15 is 0 Å². The number of amides is 1. The number of carbonyl (C=O) groups excluding carboxylic acids is 1. The van der Waals surface area contributed by atoms with Crippen LogP contribution in [0.3, 0.4) is 0 Å². The van der Waals surface area contributed by atoms with Gasteiger partial charge in [-0.15, -0.1) is 0 Å². The highest BCUT2D eigenvalue weighted by molar-refractivity contribution is 5.83. The van der Waals surface area contributed by atoms with Crippen LogP contribution in [-0.4, -0.2) is 99.6 Å². The zero-order valence-corrected chi connectivity index (χ0v) is 15.0. The van der Waals surface area contributed by atoms with Crippen LogP contribution < -0.4 is 5.32 Å². The van der Waals surface area contributed by atoms with Gasteiger partial charge in [0.2, 0.25) is 5.91 Å². The lowest BCUT2D eigenvalue weighted by molar-refractivity contribution is -0.254. The first-order chi connectivity index (χ1) is 12.0. The van der Waals surface area contributed by atoms with E-state index in [9.17, 15) is 30.3 Å². The monoisotopic (exact) mass is 383 g/mol. The lowest BCUT2D eigenvalue weighted by Gasteiger charge is -2.41. The number of aliphatic hydroxyl groups excluding tert-OH is 6. The summed E-state index contributed by atoms with van der Waals surface area (Å²) in [6.45, 7) is 2.93. The van der Waals surface area contributed by atoms with Crippen LogP contribution in [0.5, 0.6) is 0 Å². The Morgan fingerprint density at radius 2 is 1.62 bits per heavy atom. The molecule has 26 heavy (non-hydrogen) atoms. The zero-order valence-electron chi connectivity index (χ0n) is 15.0. The smallest absolute Gasteiger partial charge is 0.231 e. The molecule has 0 bridgehead atoms. The van der Waals surface area contributed by atoms with E-state index in [0.717, 1.165) is 0 Å². The minimum Gasteiger partial charge on any atom is -0.394 e. The van der Waals surface area contributed by atoms with Crippen molar-refractivity contribution in [3.05, 3.63) is 0 Å². The van der Waals surface area contributed by atoms with E-state index in [-0.39, 0.29) is 13.2 Å². The average molecular weight is 383 g/mol.